The fourth-order valence-corrected chi connectivity index (χ4v) is 5.31. The second kappa shape index (κ2) is 13.3. The van der Waals surface area contributed by atoms with Crippen LogP contribution in [0.25, 0.3) is 6.08 Å². The highest BCUT2D eigenvalue weighted by Gasteiger charge is 2.37. The average molecular weight is 655 g/mol. The average Bonchev–Trinajstić information content (AvgIpc) is 3.39. The number of aromatic nitrogens is 2. The molecule has 1 aliphatic carbocycles. The predicted molar refractivity (Wildman–Crippen MR) is 158 cm³/mol. The topological polar surface area (TPSA) is 243 Å². The third-order valence-corrected chi connectivity index (χ3v) is 7.71. The lowest BCUT2D eigenvalue weighted by molar-refractivity contribution is -0.116. The SMILES string of the molecule is O=C(/C=C/c1cn([C@H]2C[C@H](O)[C@@H](COP(=O)(O)O)O2)c(=O)[nH]c1=O)NCCNC(=O)c1ccc2c(c1)C(=O)c1ccccc1C2=O. The molecule has 0 spiro atoms. The Balaban J connectivity index is 1.14. The number of carbonyl (C=O) groups is 4. The molecule has 1 aliphatic heterocycles. The Morgan fingerprint density at radius 3 is 2.35 bits per heavy atom. The van der Waals surface area contributed by atoms with Gasteiger partial charge in [-0.1, -0.05) is 24.3 Å². The van der Waals surface area contributed by atoms with Crippen LogP contribution in [0.5, 0.6) is 0 Å². The predicted octanol–water partition coefficient (Wildman–Crippen LogP) is -0.371. The quantitative estimate of drug-likeness (QED) is 0.0729. The van der Waals surface area contributed by atoms with Crippen LogP contribution < -0.4 is 21.9 Å². The summed E-state index contributed by atoms with van der Waals surface area (Å²) in [5, 5.41) is 15.3. The van der Waals surface area contributed by atoms with E-state index < -0.39 is 55.9 Å². The Labute approximate surface area is 258 Å². The number of nitrogens with one attached hydrogen (secondary N) is 3. The van der Waals surface area contributed by atoms with Crippen LogP contribution in [0.2, 0.25) is 0 Å². The van der Waals surface area contributed by atoms with Gasteiger partial charge in [-0.05, 0) is 24.3 Å². The number of fused-ring (bicyclic) bond motifs is 2. The highest BCUT2D eigenvalue weighted by Crippen LogP contribution is 2.38. The van der Waals surface area contributed by atoms with Crippen LogP contribution in [0, 0.1) is 0 Å². The van der Waals surface area contributed by atoms with Crippen molar-refractivity contribution in [2.24, 2.45) is 0 Å². The van der Waals surface area contributed by atoms with Crippen LogP contribution in [-0.2, 0) is 18.6 Å². The van der Waals surface area contributed by atoms with Gasteiger partial charge in [0.05, 0.1) is 18.3 Å². The van der Waals surface area contributed by atoms with Crippen molar-refractivity contribution in [1.29, 1.82) is 0 Å². The number of H-pyrrole nitrogens is 1. The van der Waals surface area contributed by atoms with Crippen LogP contribution in [0.4, 0.5) is 0 Å². The molecular formula is C29H27N4O12P. The van der Waals surface area contributed by atoms with Gasteiger partial charge in [0.25, 0.3) is 11.5 Å². The molecular weight excluding hydrogens is 627 g/mol. The number of rotatable bonds is 10. The molecule has 0 saturated carbocycles. The van der Waals surface area contributed by atoms with E-state index in [2.05, 4.69) is 20.1 Å². The molecule has 46 heavy (non-hydrogen) atoms. The summed E-state index contributed by atoms with van der Waals surface area (Å²) in [6, 6.07) is 10.7. The lowest BCUT2D eigenvalue weighted by Crippen LogP contribution is -2.34. The summed E-state index contributed by atoms with van der Waals surface area (Å²) < 4.78 is 21.7. The van der Waals surface area contributed by atoms with Gasteiger partial charge in [-0.25, -0.2) is 9.36 Å². The van der Waals surface area contributed by atoms with Crippen LogP contribution in [-0.4, -0.2) is 79.7 Å². The lowest BCUT2D eigenvalue weighted by atomic mass is 9.83. The zero-order valence-electron chi connectivity index (χ0n) is 23.7. The fourth-order valence-electron chi connectivity index (χ4n) is 4.97. The maximum atomic E-state index is 12.9. The van der Waals surface area contributed by atoms with Gasteiger partial charge in [0.1, 0.15) is 12.3 Å². The third-order valence-electron chi connectivity index (χ3n) is 7.23. The van der Waals surface area contributed by atoms with Crippen molar-refractivity contribution in [3.05, 3.63) is 109 Å². The highest BCUT2D eigenvalue weighted by molar-refractivity contribution is 7.46. The minimum absolute atomic E-state index is 0.00488. The number of hydrogen-bond acceptors (Lipinski definition) is 10. The maximum absolute atomic E-state index is 12.9. The normalized spacial score (nSPS) is 19.2. The number of ketones is 2. The maximum Gasteiger partial charge on any atom is 0.469 e. The minimum Gasteiger partial charge on any atom is -0.390 e. The summed E-state index contributed by atoms with van der Waals surface area (Å²) in [6.07, 6.45) is -0.374. The Hall–Kier alpha value is -4.83. The van der Waals surface area contributed by atoms with E-state index in [-0.39, 0.29) is 58.9 Å². The number of aliphatic hydroxyl groups excluding tert-OH is 1. The first kappa shape index (κ1) is 32.6. The van der Waals surface area contributed by atoms with Gasteiger partial charge in [0, 0.05) is 59.6 Å². The number of aliphatic hydroxyl groups is 1. The van der Waals surface area contributed by atoms with Gasteiger partial charge in [0.2, 0.25) is 5.91 Å². The second-order valence-electron chi connectivity index (χ2n) is 10.3. The summed E-state index contributed by atoms with van der Waals surface area (Å²) in [5.74, 6) is -1.84. The zero-order valence-corrected chi connectivity index (χ0v) is 24.6. The van der Waals surface area contributed by atoms with Gasteiger partial charge in [-0.2, -0.15) is 0 Å². The monoisotopic (exact) mass is 654 g/mol. The number of benzene rings is 2. The van der Waals surface area contributed by atoms with E-state index in [1.807, 2.05) is 0 Å². The molecule has 2 aromatic carbocycles. The van der Waals surface area contributed by atoms with Gasteiger partial charge in [0.15, 0.2) is 11.6 Å². The summed E-state index contributed by atoms with van der Waals surface area (Å²) in [7, 11) is -4.82. The molecule has 0 unspecified atom stereocenters. The Morgan fingerprint density at radius 1 is 1.00 bits per heavy atom. The van der Waals surface area contributed by atoms with Crippen molar-refractivity contribution in [2.45, 2.75) is 24.9 Å². The number of phosphoric acid groups is 1. The Bertz CT molecular complexity index is 1930. The molecule has 2 heterocycles. The van der Waals surface area contributed by atoms with Crippen LogP contribution in [0.3, 0.4) is 0 Å². The summed E-state index contributed by atoms with van der Waals surface area (Å²) in [6.45, 7) is -0.645. The molecule has 0 bridgehead atoms. The molecule has 240 valence electrons. The first-order chi connectivity index (χ1) is 21.8. The first-order valence-corrected chi connectivity index (χ1v) is 15.3. The molecule has 17 heteroatoms. The van der Waals surface area contributed by atoms with Gasteiger partial charge >= 0.3 is 13.5 Å². The molecule has 3 aromatic rings. The zero-order chi connectivity index (χ0) is 33.2. The molecule has 1 fully saturated rings. The summed E-state index contributed by atoms with van der Waals surface area (Å²) in [4.78, 5) is 95.1. The molecule has 2 aliphatic rings. The fraction of sp³-hybridized carbons (Fsp3) is 0.241. The number of amides is 2. The highest BCUT2D eigenvalue weighted by atomic mass is 31.2. The number of nitrogens with zero attached hydrogens (tertiary/aromatic N) is 1. The van der Waals surface area contributed by atoms with Crippen molar-refractivity contribution in [1.82, 2.24) is 20.2 Å². The Morgan fingerprint density at radius 2 is 1.65 bits per heavy atom. The van der Waals surface area contributed by atoms with Gasteiger partial charge < -0.3 is 30.3 Å². The molecule has 16 nitrogen and oxygen atoms in total. The van der Waals surface area contributed by atoms with E-state index >= 15 is 0 Å². The minimum atomic E-state index is -4.82. The lowest BCUT2D eigenvalue weighted by Gasteiger charge is -2.18. The second-order valence-corrected chi connectivity index (χ2v) is 11.6. The molecule has 5 rings (SSSR count). The number of ether oxygens (including phenoxy) is 1. The van der Waals surface area contributed by atoms with E-state index in [0.717, 1.165) is 22.9 Å². The molecule has 1 aromatic heterocycles. The number of phosphoric ester groups is 1. The van der Waals surface area contributed by atoms with Gasteiger partial charge in [-0.15, -0.1) is 0 Å². The standard InChI is InChI=1S/C29H27N4O12P/c34-21-12-24(45-22(21)14-44-46(41,42)43)33-13-16(28(39)32-29(33)40)6-8-23(35)30-9-10-31-27(38)15-5-7-19-20(11-15)26(37)18-4-2-1-3-17(18)25(19)36/h1-8,11,13,21-22,24,34H,9-10,12,14H2,(H,30,35)(H,31,38)(H,32,39,40)(H2,41,42,43)/b8-6+/t21-,22+,24+/m0/s1. The van der Waals surface area contributed by atoms with E-state index in [4.69, 9.17) is 14.5 Å². The van der Waals surface area contributed by atoms with E-state index in [1.165, 1.54) is 18.2 Å². The Kier molecular flexibility index (Phi) is 9.39. The van der Waals surface area contributed by atoms with Crippen molar-refractivity contribution < 1.29 is 47.9 Å². The third kappa shape index (κ3) is 7.18. The molecule has 0 radical (unpaired) electrons. The van der Waals surface area contributed by atoms with Crippen molar-refractivity contribution in [3.63, 3.8) is 0 Å². The van der Waals surface area contributed by atoms with Crippen LogP contribution in [0.15, 0.2) is 64.3 Å². The van der Waals surface area contributed by atoms with Crippen molar-refractivity contribution in [2.75, 3.05) is 19.7 Å². The van der Waals surface area contributed by atoms with Crippen LogP contribution >= 0.6 is 7.82 Å². The number of hydrogen-bond donors (Lipinski definition) is 6. The van der Waals surface area contributed by atoms with Crippen LogP contribution in [0.1, 0.15) is 60.4 Å². The van der Waals surface area contributed by atoms with Crippen molar-refractivity contribution in [3.8, 4) is 0 Å². The first-order valence-electron chi connectivity index (χ1n) is 13.8. The van der Waals surface area contributed by atoms with Crippen molar-refractivity contribution >= 4 is 37.3 Å². The van der Waals surface area contributed by atoms with Gasteiger partial charge in [-0.3, -0.25) is 38.0 Å². The summed E-state index contributed by atoms with van der Waals surface area (Å²) in [5.41, 5.74) is -0.752. The number of carbonyl (C=O) groups excluding carboxylic acids is 4. The molecule has 3 atom stereocenters. The van der Waals surface area contributed by atoms with E-state index in [0.29, 0.717) is 5.56 Å². The summed E-state index contributed by atoms with van der Waals surface area (Å²) >= 11 is 0. The van der Waals surface area contributed by atoms with E-state index in [1.54, 1.807) is 24.3 Å². The largest absolute Gasteiger partial charge is 0.469 e. The molecule has 1 saturated heterocycles. The molecule has 2 amide bonds. The molecule has 6 N–H and O–H groups in total. The van der Waals surface area contributed by atoms with E-state index in [9.17, 15) is 38.4 Å². The number of aromatic amines is 1. The smallest absolute Gasteiger partial charge is 0.390 e.